The number of aliphatic hydroxyl groups is 1. The van der Waals surface area contributed by atoms with Crippen LogP contribution in [0.1, 0.15) is 26.7 Å². The van der Waals surface area contributed by atoms with Gasteiger partial charge in [-0.2, -0.15) is 5.26 Å². The Kier molecular flexibility index (Phi) is 3.71. The van der Waals surface area contributed by atoms with Crippen molar-refractivity contribution < 1.29 is 5.11 Å². The summed E-state index contributed by atoms with van der Waals surface area (Å²) in [4.78, 5) is 2.14. The van der Waals surface area contributed by atoms with Gasteiger partial charge in [0.2, 0.25) is 0 Å². The van der Waals surface area contributed by atoms with Crippen molar-refractivity contribution in [1.82, 2.24) is 4.90 Å². The topological polar surface area (TPSA) is 47.3 Å². The molecule has 3 heteroatoms. The Bertz CT molecular complexity index is 200. The molecule has 0 aromatic rings. The van der Waals surface area contributed by atoms with Crippen LogP contribution in [0.15, 0.2) is 0 Å². The Morgan fingerprint density at radius 3 is 2.85 bits per heavy atom. The molecular formula is C10H18N2O. The number of hydrogen-bond acceptors (Lipinski definition) is 3. The number of likely N-dealkylation sites (tertiary alicyclic amines) is 1. The molecule has 1 rings (SSSR count). The van der Waals surface area contributed by atoms with Crippen LogP contribution in [0.3, 0.4) is 0 Å². The standard InChI is InChI=1S/C10H18N2O/c1-3-9(6-11)12-5-4-8(2)10(12)7-13/h8-10,13H,3-5,7H2,1-2H3. The predicted molar refractivity (Wildman–Crippen MR) is 51.1 cm³/mol. The number of nitriles is 1. The van der Waals surface area contributed by atoms with Crippen molar-refractivity contribution in [3.63, 3.8) is 0 Å². The van der Waals surface area contributed by atoms with Crippen molar-refractivity contribution in [2.45, 2.75) is 38.8 Å². The molecule has 1 aliphatic heterocycles. The monoisotopic (exact) mass is 182 g/mol. The molecule has 0 bridgehead atoms. The van der Waals surface area contributed by atoms with E-state index in [4.69, 9.17) is 5.26 Å². The molecule has 3 unspecified atom stereocenters. The Morgan fingerprint density at radius 1 is 1.69 bits per heavy atom. The lowest BCUT2D eigenvalue weighted by atomic mass is 10.0. The second-order valence-electron chi connectivity index (χ2n) is 3.81. The second-order valence-corrected chi connectivity index (χ2v) is 3.81. The molecule has 3 atom stereocenters. The van der Waals surface area contributed by atoms with Gasteiger partial charge in [-0.25, -0.2) is 0 Å². The van der Waals surface area contributed by atoms with Crippen molar-refractivity contribution in [2.24, 2.45) is 5.92 Å². The van der Waals surface area contributed by atoms with E-state index < -0.39 is 0 Å². The summed E-state index contributed by atoms with van der Waals surface area (Å²) in [6.45, 7) is 5.30. The van der Waals surface area contributed by atoms with Crippen molar-refractivity contribution >= 4 is 0 Å². The van der Waals surface area contributed by atoms with E-state index in [1.807, 2.05) is 6.92 Å². The lowest BCUT2D eigenvalue weighted by molar-refractivity contribution is 0.119. The second kappa shape index (κ2) is 4.59. The lowest BCUT2D eigenvalue weighted by Crippen LogP contribution is -2.41. The van der Waals surface area contributed by atoms with E-state index in [0.29, 0.717) is 5.92 Å². The SMILES string of the molecule is CCC(C#N)N1CCC(C)C1CO. The third kappa shape index (κ3) is 2.01. The highest BCUT2D eigenvalue weighted by atomic mass is 16.3. The molecule has 0 aromatic heterocycles. The van der Waals surface area contributed by atoms with Crippen molar-refractivity contribution in [1.29, 1.82) is 5.26 Å². The highest BCUT2D eigenvalue weighted by Gasteiger charge is 2.34. The zero-order valence-electron chi connectivity index (χ0n) is 8.40. The van der Waals surface area contributed by atoms with E-state index in [1.54, 1.807) is 0 Å². The Morgan fingerprint density at radius 2 is 2.38 bits per heavy atom. The minimum atomic E-state index is -0.0119. The molecular weight excluding hydrogens is 164 g/mol. The molecule has 0 aromatic carbocycles. The van der Waals surface area contributed by atoms with Gasteiger partial charge in [0.05, 0.1) is 18.7 Å². The first-order chi connectivity index (χ1) is 6.24. The average molecular weight is 182 g/mol. The van der Waals surface area contributed by atoms with Gasteiger partial charge in [0.25, 0.3) is 0 Å². The first-order valence-corrected chi connectivity index (χ1v) is 5.00. The lowest BCUT2D eigenvalue weighted by Gasteiger charge is -2.28. The fourth-order valence-electron chi connectivity index (χ4n) is 2.11. The van der Waals surface area contributed by atoms with Crippen LogP contribution in [0.4, 0.5) is 0 Å². The summed E-state index contributed by atoms with van der Waals surface area (Å²) in [5.41, 5.74) is 0. The average Bonchev–Trinajstić information content (AvgIpc) is 2.50. The van der Waals surface area contributed by atoms with Crippen LogP contribution in [0, 0.1) is 17.2 Å². The van der Waals surface area contributed by atoms with Crippen LogP contribution in [0.25, 0.3) is 0 Å². The van der Waals surface area contributed by atoms with Gasteiger partial charge in [-0.05, 0) is 18.8 Å². The van der Waals surface area contributed by atoms with Crippen LogP contribution in [-0.4, -0.2) is 35.2 Å². The minimum Gasteiger partial charge on any atom is -0.395 e. The van der Waals surface area contributed by atoms with E-state index in [1.165, 1.54) is 0 Å². The number of nitrogens with zero attached hydrogens (tertiary/aromatic N) is 2. The van der Waals surface area contributed by atoms with Crippen molar-refractivity contribution in [3.8, 4) is 6.07 Å². The smallest absolute Gasteiger partial charge is 0.0978 e. The van der Waals surface area contributed by atoms with Crippen LogP contribution < -0.4 is 0 Å². The van der Waals surface area contributed by atoms with Gasteiger partial charge in [0.15, 0.2) is 0 Å². The fourth-order valence-corrected chi connectivity index (χ4v) is 2.11. The van der Waals surface area contributed by atoms with E-state index >= 15 is 0 Å². The molecule has 1 aliphatic rings. The van der Waals surface area contributed by atoms with Gasteiger partial charge in [-0.15, -0.1) is 0 Å². The molecule has 0 spiro atoms. The maximum atomic E-state index is 9.20. The summed E-state index contributed by atoms with van der Waals surface area (Å²) in [6.07, 6.45) is 1.95. The fraction of sp³-hybridized carbons (Fsp3) is 0.900. The van der Waals surface area contributed by atoms with Crippen LogP contribution in [0.5, 0.6) is 0 Å². The zero-order chi connectivity index (χ0) is 9.84. The molecule has 74 valence electrons. The third-order valence-corrected chi connectivity index (χ3v) is 3.05. The number of rotatable bonds is 3. The van der Waals surface area contributed by atoms with Gasteiger partial charge in [-0.3, -0.25) is 4.90 Å². The molecule has 1 heterocycles. The van der Waals surface area contributed by atoms with Crippen LogP contribution in [-0.2, 0) is 0 Å². The normalized spacial score (nSPS) is 31.5. The molecule has 1 fully saturated rings. The summed E-state index contributed by atoms with van der Waals surface area (Å²) < 4.78 is 0. The quantitative estimate of drug-likeness (QED) is 0.708. The molecule has 1 N–H and O–H groups in total. The Balaban J connectivity index is 2.64. The molecule has 0 saturated carbocycles. The third-order valence-electron chi connectivity index (χ3n) is 3.05. The summed E-state index contributed by atoms with van der Waals surface area (Å²) in [6, 6.07) is 2.48. The van der Waals surface area contributed by atoms with Gasteiger partial charge < -0.3 is 5.11 Å². The summed E-state index contributed by atoms with van der Waals surface area (Å²) in [5, 5.41) is 18.1. The van der Waals surface area contributed by atoms with E-state index in [-0.39, 0.29) is 18.7 Å². The van der Waals surface area contributed by atoms with Gasteiger partial charge >= 0.3 is 0 Å². The van der Waals surface area contributed by atoms with E-state index in [0.717, 1.165) is 19.4 Å². The molecule has 13 heavy (non-hydrogen) atoms. The molecule has 0 aliphatic carbocycles. The maximum absolute atomic E-state index is 9.20. The van der Waals surface area contributed by atoms with Crippen LogP contribution >= 0.6 is 0 Å². The molecule has 3 nitrogen and oxygen atoms in total. The van der Waals surface area contributed by atoms with Crippen LogP contribution in [0.2, 0.25) is 0 Å². The number of aliphatic hydroxyl groups excluding tert-OH is 1. The first kappa shape index (κ1) is 10.5. The largest absolute Gasteiger partial charge is 0.395 e. The van der Waals surface area contributed by atoms with Crippen molar-refractivity contribution in [3.05, 3.63) is 0 Å². The summed E-state index contributed by atoms with van der Waals surface area (Å²) in [5.74, 6) is 0.521. The van der Waals surface area contributed by atoms with E-state index in [2.05, 4.69) is 17.9 Å². The van der Waals surface area contributed by atoms with Gasteiger partial charge in [0, 0.05) is 12.6 Å². The van der Waals surface area contributed by atoms with Gasteiger partial charge in [-0.1, -0.05) is 13.8 Å². The minimum absolute atomic E-state index is 0.0119. The Hall–Kier alpha value is -0.590. The maximum Gasteiger partial charge on any atom is 0.0978 e. The zero-order valence-corrected chi connectivity index (χ0v) is 8.40. The predicted octanol–water partition coefficient (Wildman–Crippen LogP) is 0.991. The molecule has 0 radical (unpaired) electrons. The molecule has 0 amide bonds. The van der Waals surface area contributed by atoms with Crippen molar-refractivity contribution in [2.75, 3.05) is 13.2 Å². The Labute approximate surface area is 80.0 Å². The number of hydrogen-bond donors (Lipinski definition) is 1. The van der Waals surface area contributed by atoms with E-state index in [9.17, 15) is 5.11 Å². The highest BCUT2D eigenvalue weighted by molar-refractivity contribution is 4.97. The van der Waals surface area contributed by atoms with Gasteiger partial charge in [0.1, 0.15) is 0 Å². The first-order valence-electron chi connectivity index (χ1n) is 5.00. The summed E-state index contributed by atoms with van der Waals surface area (Å²) >= 11 is 0. The molecule has 1 saturated heterocycles. The highest BCUT2D eigenvalue weighted by Crippen LogP contribution is 2.26. The summed E-state index contributed by atoms with van der Waals surface area (Å²) in [7, 11) is 0.